The van der Waals surface area contributed by atoms with Crippen LogP contribution < -0.4 is 6.15 Å². The van der Waals surface area contributed by atoms with Gasteiger partial charge in [-0.2, -0.15) is 48.0 Å². The summed E-state index contributed by atoms with van der Waals surface area (Å²) in [5, 5.41) is 2.20. The van der Waals surface area contributed by atoms with E-state index in [0.717, 1.165) is 33.2 Å². The molecule has 0 aliphatic carbocycles. The number of rotatable bonds is 1. The van der Waals surface area contributed by atoms with Crippen LogP contribution in [-0.4, -0.2) is 9.97 Å². The third-order valence-corrected chi connectivity index (χ3v) is 3.93. The van der Waals surface area contributed by atoms with E-state index in [0.29, 0.717) is 0 Å². The predicted molar refractivity (Wildman–Crippen MR) is 117 cm³/mol. The Labute approximate surface area is 183 Å². The van der Waals surface area contributed by atoms with Crippen molar-refractivity contribution in [3.05, 3.63) is 95.8 Å². The second-order valence-corrected chi connectivity index (χ2v) is 6.05. The molecule has 3 nitrogen and oxygen atoms in total. The molecular weight excluding hydrogens is 410 g/mol. The molecule has 146 valence electrons. The van der Waals surface area contributed by atoms with E-state index in [9.17, 15) is 0 Å². The SMILES string of the molecule is C=[C-]c1ccc2ccc3ccc(C)nc3c2n1.Cc1[c-]c(C)ccc1.Cl.N.[Fe+2]. The van der Waals surface area contributed by atoms with Crippen molar-refractivity contribution in [1.29, 1.82) is 0 Å². The summed E-state index contributed by atoms with van der Waals surface area (Å²) >= 11 is 0. The minimum absolute atomic E-state index is 0. The molecule has 0 spiro atoms. The van der Waals surface area contributed by atoms with E-state index in [1.165, 1.54) is 11.1 Å². The maximum atomic E-state index is 4.57. The van der Waals surface area contributed by atoms with Gasteiger partial charge in [0.1, 0.15) is 0 Å². The van der Waals surface area contributed by atoms with Gasteiger partial charge in [0.25, 0.3) is 0 Å². The van der Waals surface area contributed by atoms with Gasteiger partial charge in [-0.15, -0.1) is 24.2 Å². The van der Waals surface area contributed by atoms with E-state index in [1.54, 1.807) is 0 Å². The molecule has 0 unspecified atom stereocenters. The normalized spacial score (nSPS) is 9.25. The number of nitrogens with zero attached hydrogens (tertiary/aromatic N) is 2. The van der Waals surface area contributed by atoms with Gasteiger partial charge < -0.3 is 6.15 Å². The second-order valence-electron chi connectivity index (χ2n) is 6.05. The Morgan fingerprint density at radius 2 is 1.29 bits per heavy atom. The van der Waals surface area contributed by atoms with Gasteiger partial charge in [-0.05, 0) is 18.4 Å². The molecule has 0 amide bonds. The molecule has 3 N–H and O–H groups in total. The standard InChI is InChI=1S/C15H11N2.C8H9.ClH.Fe.H3N/c1-3-13-9-8-12-7-6-11-5-4-10(2)16-14(11)15(12)17-13;1-7-4-3-5-8(2)6-7;;;/h4-9H,1H2,2H3;3-5H,1-2H3;1H;;1H3/q2*-1;;+2;. The van der Waals surface area contributed by atoms with E-state index in [-0.39, 0.29) is 35.6 Å². The summed E-state index contributed by atoms with van der Waals surface area (Å²) in [6.07, 6.45) is 2.81. The summed E-state index contributed by atoms with van der Waals surface area (Å²) in [5.74, 6) is 0. The smallest absolute Gasteiger partial charge is 0.344 e. The minimum atomic E-state index is 0. The third kappa shape index (κ3) is 6.15. The Hall–Kier alpha value is -2.23. The van der Waals surface area contributed by atoms with Gasteiger partial charge in [-0.25, -0.2) is 6.08 Å². The first kappa shape index (κ1) is 25.8. The molecule has 0 saturated heterocycles. The van der Waals surface area contributed by atoms with Crippen LogP contribution in [0, 0.1) is 32.9 Å². The fourth-order valence-corrected chi connectivity index (χ4v) is 2.69. The molecule has 0 aliphatic rings. The molecular formula is C23H24ClFeN3. The molecule has 0 atom stereocenters. The molecule has 2 aromatic carbocycles. The van der Waals surface area contributed by atoms with Gasteiger partial charge in [0.2, 0.25) is 0 Å². The molecule has 2 heterocycles. The quantitative estimate of drug-likeness (QED) is 0.224. The van der Waals surface area contributed by atoms with E-state index < -0.39 is 0 Å². The monoisotopic (exact) mass is 433 g/mol. The van der Waals surface area contributed by atoms with Gasteiger partial charge in [-0.1, -0.05) is 32.0 Å². The van der Waals surface area contributed by atoms with Crippen molar-refractivity contribution in [1.82, 2.24) is 16.1 Å². The summed E-state index contributed by atoms with van der Waals surface area (Å²) in [7, 11) is 0. The zero-order valence-electron chi connectivity index (χ0n) is 16.3. The van der Waals surface area contributed by atoms with Crippen molar-refractivity contribution < 1.29 is 17.1 Å². The van der Waals surface area contributed by atoms with Crippen molar-refractivity contribution in [2.45, 2.75) is 20.8 Å². The maximum absolute atomic E-state index is 4.57. The van der Waals surface area contributed by atoms with Crippen LogP contribution in [0.25, 0.3) is 21.8 Å². The topological polar surface area (TPSA) is 60.8 Å². The maximum Gasteiger partial charge on any atom is 2.00 e. The Morgan fingerprint density at radius 3 is 1.79 bits per heavy atom. The fraction of sp³-hybridized carbons (Fsp3) is 0.130. The largest absolute Gasteiger partial charge is 2.00 e. The fourth-order valence-electron chi connectivity index (χ4n) is 2.69. The van der Waals surface area contributed by atoms with Crippen molar-refractivity contribution in [3.63, 3.8) is 0 Å². The van der Waals surface area contributed by atoms with Gasteiger partial charge in [0.05, 0.1) is 11.0 Å². The van der Waals surface area contributed by atoms with E-state index in [4.69, 9.17) is 0 Å². The summed E-state index contributed by atoms with van der Waals surface area (Å²) in [5.41, 5.74) is 6.04. The van der Waals surface area contributed by atoms with Crippen LogP contribution in [0.2, 0.25) is 0 Å². The number of pyridine rings is 2. The van der Waals surface area contributed by atoms with Gasteiger partial charge in [0.15, 0.2) is 0 Å². The van der Waals surface area contributed by atoms with Crippen LogP contribution >= 0.6 is 12.4 Å². The number of halogens is 1. The van der Waals surface area contributed by atoms with Gasteiger partial charge in [0, 0.05) is 11.1 Å². The van der Waals surface area contributed by atoms with E-state index in [2.05, 4.69) is 46.9 Å². The molecule has 4 aromatic rings. The van der Waals surface area contributed by atoms with Crippen molar-refractivity contribution >= 4 is 34.2 Å². The Balaban J connectivity index is 0.000000574. The zero-order chi connectivity index (χ0) is 17.8. The summed E-state index contributed by atoms with van der Waals surface area (Å²) in [6.45, 7) is 9.71. The third-order valence-electron chi connectivity index (χ3n) is 3.93. The molecule has 0 bridgehead atoms. The molecule has 2 aromatic heterocycles. The van der Waals surface area contributed by atoms with Gasteiger partial charge >= 0.3 is 17.1 Å². The molecule has 0 aliphatic heterocycles. The number of hydrogen-bond donors (Lipinski definition) is 1. The van der Waals surface area contributed by atoms with Crippen molar-refractivity contribution in [3.8, 4) is 0 Å². The molecule has 5 heteroatoms. The summed E-state index contributed by atoms with van der Waals surface area (Å²) < 4.78 is 0. The van der Waals surface area contributed by atoms with Crippen LogP contribution in [0.4, 0.5) is 0 Å². The first-order valence-electron chi connectivity index (χ1n) is 8.22. The molecule has 0 saturated carbocycles. The average molecular weight is 434 g/mol. The van der Waals surface area contributed by atoms with Crippen LogP contribution in [0.15, 0.2) is 61.2 Å². The number of benzene rings is 2. The van der Waals surface area contributed by atoms with Crippen LogP contribution in [0.5, 0.6) is 0 Å². The predicted octanol–water partition coefficient (Wildman–Crippen LogP) is 6.11. The first-order chi connectivity index (χ1) is 12.1. The number of hydrogen-bond acceptors (Lipinski definition) is 3. The zero-order valence-corrected chi connectivity index (χ0v) is 18.2. The number of aryl methyl sites for hydroxylation is 3. The molecule has 0 radical (unpaired) electrons. The van der Waals surface area contributed by atoms with Crippen LogP contribution in [-0.2, 0) is 17.1 Å². The Bertz CT molecular complexity index is 1050. The molecule has 28 heavy (non-hydrogen) atoms. The van der Waals surface area contributed by atoms with Crippen molar-refractivity contribution in [2.24, 2.45) is 0 Å². The Morgan fingerprint density at radius 1 is 0.786 bits per heavy atom. The average Bonchev–Trinajstić information content (AvgIpc) is 2.61. The molecule has 4 rings (SSSR count). The van der Waals surface area contributed by atoms with Crippen molar-refractivity contribution in [2.75, 3.05) is 0 Å². The number of fused-ring (bicyclic) bond motifs is 3. The second kappa shape index (κ2) is 11.6. The summed E-state index contributed by atoms with van der Waals surface area (Å²) in [6, 6.07) is 21.5. The number of aromatic nitrogens is 2. The van der Waals surface area contributed by atoms with Gasteiger partial charge in [-0.3, -0.25) is 9.97 Å². The van der Waals surface area contributed by atoms with Crippen LogP contribution in [0.1, 0.15) is 22.5 Å². The first-order valence-corrected chi connectivity index (χ1v) is 8.22. The Kier molecular flexibility index (Phi) is 10.7. The van der Waals surface area contributed by atoms with E-state index in [1.807, 2.05) is 57.2 Å². The molecule has 0 fully saturated rings. The van der Waals surface area contributed by atoms with E-state index >= 15 is 0 Å². The van der Waals surface area contributed by atoms with Crippen LogP contribution in [0.3, 0.4) is 0 Å². The summed E-state index contributed by atoms with van der Waals surface area (Å²) in [4.78, 5) is 9.10. The minimum Gasteiger partial charge on any atom is -0.344 e.